The van der Waals surface area contributed by atoms with E-state index in [-0.39, 0.29) is 0 Å². The van der Waals surface area contributed by atoms with Gasteiger partial charge in [0.1, 0.15) is 0 Å². The molecule has 1 aliphatic rings. The third-order valence-corrected chi connectivity index (χ3v) is 3.83. The van der Waals surface area contributed by atoms with Gasteiger partial charge in [0.25, 0.3) is 0 Å². The zero-order valence-electron chi connectivity index (χ0n) is 9.64. The van der Waals surface area contributed by atoms with Gasteiger partial charge in [-0.15, -0.1) is 0 Å². The van der Waals surface area contributed by atoms with Crippen LogP contribution in [0.3, 0.4) is 0 Å². The lowest BCUT2D eigenvalue weighted by Gasteiger charge is -2.37. The Labute approximate surface area is 83.3 Å². The summed E-state index contributed by atoms with van der Waals surface area (Å²) in [6, 6.07) is 0.752. The molecular weight excluding hydrogens is 158 g/mol. The highest BCUT2D eigenvalue weighted by Crippen LogP contribution is 2.35. The second-order valence-electron chi connectivity index (χ2n) is 4.86. The highest BCUT2D eigenvalue weighted by atomic mass is 14.9. The van der Waals surface area contributed by atoms with Crippen LogP contribution in [0.2, 0.25) is 0 Å². The smallest absolute Gasteiger partial charge is 0.00922 e. The first-order chi connectivity index (χ1) is 6.19. The van der Waals surface area contributed by atoms with E-state index in [0.29, 0.717) is 0 Å². The molecule has 4 unspecified atom stereocenters. The van der Waals surface area contributed by atoms with Crippen molar-refractivity contribution < 1.29 is 0 Å². The molecule has 0 spiro atoms. The lowest BCUT2D eigenvalue weighted by Crippen LogP contribution is -2.39. The standard InChI is InChI=1S/C12H25N/c1-5-12(13-4)11-7-6-9(2)8-10(11)3/h9-13H,5-8H2,1-4H3. The minimum Gasteiger partial charge on any atom is -0.317 e. The largest absolute Gasteiger partial charge is 0.317 e. The molecule has 1 rings (SSSR count). The second kappa shape index (κ2) is 4.99. The highest BCUT2D eigenvalue weighted by molar-refractivity contribution is 4.83. The van der Waals surface area contributed by atoms with Gasteiger partial charge in [0.05, 0.1) is 0 Å². The molecule has 0 heterocycles. The quantitative estimate of drug-likeness (QED) is 0.709. The number of hydrogen-bond acceptors (Lipinski definition) is 1. The van der Waals surface area contributed by atoms with Gasteiger partial charge in [-0.25, -0.2) is 0 Å². The summed E-state index contributed by atoms with van der Waals surface area (Å²) in [5, 5.41) is 3.47. The average Bonchev–Trinajstić information content (AvgIpc) is 2.10. The summed E-state index contributed by atoms with van der Waals surface area (Å²) < 4.78 is 0. The van der Waals surface area contributed by atoms with Crippen LogP contribution < -0.4 is 5.32 Å². The summed E-state index contributed by atoms with van der Waals surface area (Å²) in [5.41, 5.74) is 0. The van der Waals surface area contributed by atoms with Crippen LogP contribution in [0.1, 0.15) is 46.5 Å². The van der Waals surface area contributed by atoms with E-state index in [0.717, 1.165) is 23.8 Å². The Morgan fingerprint density at radius 2 is 2.00 bits per heavy atom. The minimum absolute atomic E-state index is 0.752. The number of hydrogen-bond donors (Lipinski definition) is 1. The molecule has 0 bridgehead atoms. The van der Waals surface area contributed by atoms with E-state index < -0.39 is 0 Å². The van der Waals surface area contributed by atoms with Gasteiger partial charge in [-0.1, -0.05) is 27.2 Å². The molecule has 1 fully saturated rings. The summed E-state index contributed by atoms with van der Waals surface area (Å²) in [7, 11) is 2.11. The van der Waals surface area contributed by atoms with E-state index in [1.165, 1.54) is 25.7 Å². The van der Waals surface area contributed by atoms with Crippen molar-refractivity contribution in [1.29, 1.82) is 0 Å². The number of rotatable bonds is 3. The van der Waals surface area contributed by atoms with Crippen LogP contribution in [-0.4, -0.2) is 13.1 Å². The van der Waals surface area contributed by atoms with Crippen LogP contribution in [0.4, 0.5) is 0 Å². The molecule has 78 valence electrons. The first kappa shape index (κ1) is 11.0. The molecule has 0 aromatic carbocycles. The summed E-state index contributed by atoms with van der Waals surface area (Å²) in [6.45, 7) is 7.12. The van der Waals surface area contributed by atoms with Crippen LogP contribution in [0.5, 0.6) is 0 Å². The van der Waals surface area contributed by atoms with Crippen LogP contribution in [0, 0.1) is 17.8 Å². The normalized spacial score (nSPS) is 37.4. The van der Waals surface area contributed by atoms with Crippen molar-refractivity contribution in [3.8, 4) is 0 Å². The van der Waals surface area contributed by atoms with E-state index >= 15 is 0 Å². The fourth-order valence-electron chi connectivity index (χ4n) is 3.01. The fraction of sp³-hybridized carbons (Fsp3) is 1.00. The van der Waals surface area contributed by atoms with Crippen LogP contribution in [-0.2, 0) is 0 Å². The Morgan fingerprint density at radius 3 is 2.46 bits per heavy atom. The molecule has 1 N–H and O–H groups in total. The van der Waals surface area contributed by atoms with E-state index in [1.807, 2.05) is 0 Å². The molecule has 1 nitrogen and oxygen atoms in total. The lowest BCUT2D eigenvalue weighted by molar-refractivity contribution is 0.160. The topological polar surface area (TPSA) is 12.0 Å². The predicted octanol–water partition coefficient (Wildman–Crippen LogP) is 3.06. The van der Waals surface area contributed by atoms with Gasteiger partial charge in [0, 0.05) is 6.04 Å². The summed E-state index contributed by atoms with van der Waals surface area (Å²) in [4.78, 5) is 0. The number of nitrogens with one attached hydrogen (secondary N) is 1. The Hall–Kier alpha value is -0.0400. The van der Waals surface area contributed by atoms with Crippen molar-refractivity contribution in [3.63, 3.8) is 0 Å². The van der Waals surface area contributed by atoms with E-state index in [4.69, 9.17) is 0 Å². The van der Waals surface area contributed by atoms with Crippen molar-refractivity contribution in [2.24, 2.45) is 17.8 Å². The maximum atomic E-state index is 3.47. The molecule has 13 heavy (non-hydrogen) atoms. The molecule has 4 atom stereocenters. The zero-order chi connectivity index (χ0) is 9.84. The molecule has 1 saturated carbocycles. The Bertz CT molecular complexity index is 140. The molecule has 0 amide bonds. The average molecular weight is 183 g/mol. The Morgan fingerprint density at radius 1 is 1.31 bits per heavy atom. The summed E-state index contributed by atoms with van der Waals surface area (Å²) in [5.74, 6) is 2.80. The molecule has 0 radical (unpaired) electrons. The molecule has 1 aliphatic carbocycles. The first-order valence-electron chi connectivity index (χ1n) is 5.86. The Kier molecular flexibility index (Phi) is 4.24. The Balaban J connectivity index is 2.49. The monoisotopic (exact) mass is 183 g/mol. The van der Waals surface area contributed by atoms with Gasteiger partial charge >= 0.3 is 0 Å². The first-order valence-corrected chi connectivity index (χ1v) is 5.86. The van der Waals surface area contributed by atoms with E-state index in [2.05, 4.69) is 33.1 Å². The van der Waals surface area contributed by atoms with Gasteiger partial charge < -0.3 is 5.32 Å². The van der Waals surface area contributed by atoms with Crippen LogP contribution >= 0.6 is 0 Å². The maximum absolute atomic E-state index is 3.47. The minimum atomic E-state index is 0.752. The molecule has 1 heteroatoms. The van der Waals surface area contributed by atoms with Gasteiger partial charge in [-0.3, -0.25) is 0 Å². The van der Waals surface area contributed by atoms with E-state index in [1.54, 1.807) is 0 Å². The van der Waals surface area contributed by atoms with Crippen LogP contribution in [0.15, 0.2) is 0 Å². The molecule has 0 aliphatic heterocycles. The predicted molar refractivity (Wildman–Crippen MR) is 58.8 cm³/mol. The van der Waals surface area contributed by atoms with Crippen molar-refractivity contribution in [2.75, 3.05) is 7.05 Å². The zero-order valence-corrected chi connectivity index (χ0v) is 9.64. The molecule has 0 aromatic rings. The molecule has 0 aromatic heterocycles. The summed E-state index contributed by atoms with van der Waals surface area (Å²) in [6.07, 6.45) is 5.58. The third-order valence-electron chi connectivity index (χ3n) is 3.83. The van der Waals surface area contributed by atoms with Crippen molar-refractivity contribution in [3.05, 3.63) is 0 Å². The van der Waals surface area contributed by atoms with Crippen molar-refractivity contribution >= 4 is 0 Å². The van der Waals surface area contributed by atoms with Gasteiger partial charge in [-0.05, 0) is 44.1 Å². The van der Waals surface area contributed by atoms with Crippen LogP contribution in [0.25, 0.3) is 0 Å². The van der Waals surface area contributed by atoms with E-state index in [9.17, 15) is 0 Å². The van der Waals surface area contributed by atoms with Gasteiger partial charge in [0.15, 0.2) is 0 Å². The SMILES string of the molecule is CCC(NC)C1CCC(C)CC1C. The van der Waals surface area contributed by atoms with Gasteiger partial charge in [-0.2, -0.15) is 0 Å². The van der Waals surface area contributed by atoms with Crippen molar-refractivity contribution in [2.45, 2.75) is 52.5 Å². The fourth-order valence-corrected chi connectivity index (χ4v) is 3.01. The third kappa shape index (κ3) is 2.70. The molecular formula is C12H25N. The second-order valence-corrected chi connectivity index (χ2v) is 4.86. The van der Waals surface area contributed by atoms with Gasteiger partial charge in [0.2, 0.25) is 0 Å². The summed E-state index contributed by atoms with van der Waals surface area (Å²) >= 11 is 0. The highest BCUT2D eigenvalue weighted by Gasteiger charge is 2.29. The molecule has 0 saturated heterocycles. The van der Waals surface area contributed by atoms with Crippen molar-refractivity contribution in [1.82, 2.24) is 5.32 Å². The maximum Gasteiger partial charge on any atom is 0.00922 e. The lowest BCUT2D eigenvalue weighted by atomic mass is 9.72.